The van der Waals surface area contributed by atoms with Crippen LogP contribution >= 0.6 is 15.9 Å². The molecule has 0 unspecified atom stereocenters. The number of hydrogen-bond acceptors (Lipinski definition) is 3. The van der Waals surface area contributed by atoms with E-state index in [4.69, 9.17) is 0 Å². The average Bonchev–Trinajstić information content (AvgIpc) is 3.32. The fourth-order valence-electron chi connectivity index (χ4n) is 3.75. The summed E-state index contributed by atoms with van der Waals surface area (Å²) in [6.07, 6.45) is 6.22. The SMILES string of the molecule is O=C(Nc1ccc(N2CCN(C3CCCC3)C2=O)nc1)c1ccc(Br)cc1. The highest BCUT2D eigenvalue weighted by Crippen LogP contribution is 2.28. The second kappa shape index (κ2) is 7.68. The Kier molecular flexibility index (Phi) is 5.11. The molecule has 3 amide bonds. The predicted molar refractivity (Wildman–Crippen MR) is 108 cm³/mol. The lowest BCUT2D eigenvalue weighted by Crippen LogP contribution is -2.38. The molecular weight excluding hydrogens is 408 g/mol. The standard InChI is InChI=1S/C20H21BrN4O2/c21-15-7-5-14(6-8-15)19(26)23-16-9-10-18(22-13-16)25-12-11-24(20(25)27)17-3-1-2-4-17/h5-10,13,17H,1-4,11-12H2,(H,23,26). The summed E-state index contributed by atoms with van der Waals surface area (Å²) in [5, 5.41) is 2.83. The highest BCUT2D eigenvalue weighted by Gasteiger charge is 2.36. The third kappa shape index (κ3) is 3.83. The highest BCUT2D eigenvalue weighted by molar-refractivity contribution is 9.10. The quantitative estimate of drug-likeness (QED) is 0.789. The lowest BCUT2D eigenvalue weighted by atomic mass is 10.2. The van der Waals surface area contributed by atoms with Crippen LogP contribution in [0.1, 0.15) is 36.0 Å². The molecule has 1 aliphatic carbocycles. The molecule has 2 aliphatic rings. The van der Waals surface area contributed by atoms with Crippen LogP contribution in [0, 0.1) is 0 Å². The Morgan fingerprint density at radius 3 is 2.48 bits per heavy atom. The van der Waals surface area contributed by atoms with E-state index in [9.17, 15) is 9.59 Å². The molecule has 2 fully saturated rings. The third-order valence-electron chi connectivity index (χ3n) is 5.20. The number of pyridine rings is 1. The number of urea groups is 1. The molecule has 1 saturated heterocycles. The summed E-state index contributed by atoms with van der Waals surface area (Å²) in [4.78, 5) is 33.1. The van der Waals surface area contributed by atoms with Crippen LogP contribution in [0.4, 0.5) is 16.3 Å². The van der Waals surface area contributed by atoms with Crippen molar-refractivity contribution >= 4 is 39.4 Å². The number of nitrogens with one attached hydrogen (secondary N) is 1. The third-order valence-corrected chi connectivity index (χ3v) is 5.72. The van der Waals surface area contributed by atoms with E-state index in [1.807, 2.05) is 17.0 Å². The summed E-state index contributed by atoms with van der Waals surface area (Å²) < 4.78 is 0.923. The first kappa shape index (κ1) is 18.0. The Labute approximate surface area is 166 Å². The number of anilines is 2. The molecule has 0 atom stereocenters. The first-order valence-electron chi connectivity index (χ1n) is 9.23. The minimum absolute atomic E-state index is 0.0426. The topological polar surface area (TPSA) is 65.5 Å². The lowest BCUT2D eigenvalue weighted by Gasteiger charge is -2.23. The van der Waals surface area contributed by atoms with Gasteiger partial charge in [-0.3, -0.25) is 9.69 Å². The molecule has 1 aromatic carbocycles. The summed E-state index contributed by atoms with van der Waals surface area (Å²) in [5.41, 5.74) is 1.18. The zero-order chi connectivity index (χ0) is 18.8. The van der Waals surface area contributed by atoms with Crippen molar-refractivity contribution in [2.45, 2.75) is 31.7 Å². The van der Waals surface area contributed by atoms with Gasteiger partial charge in [-0.15, -0.1) is 0 Å². The Hall–Kier alpha value is -2.41. The molecule has 7 heteroatoms. The van der Waals surface area contributed by atoms with Crippen LogP contribution in [-0.2, 0) is 0 Å². The van der Waals surface area contributed by atoms with Gasteiger partial charge in [-0.25, -0.2) is 9.78 Å². The highest BCUT2D eigenvalue weighted by atomic mass is 79.9. The van der Waals surface area contributed by atoms with Crippen molar-refractivity contribution in [1.29, 1.82) is 0 Å². The molecule has 6 nitrogen and oxygen atoms in total. The number of hydrogen-bond donors (Lipinski definition) is 1. The molecular formula is C20H21BrN4O2. The number of benzene rings is 1. The van der Waals surface area contributed by atoms with E-state index in [2.05, 4.69) is 26.2 Å². The van der Waals surface area contributed by atoms with E-state index in [1.54, 1.807) is 35.4 Å². The van der Waals surface area contributed by atoms with Gasteiger partial charge in [0.15, 0.2) is 0 Å². The normalized spacial score (nSPS) is 17.6. The Morgan fingerprint density at radius 2 is 1.81 bits per heavy atom. The van der Waals surface area contributed by atoms with Gasteiger partial charge in [0.25, 0.3) is 5.91 Å². The van der Waals surface area contributed by atoms with Crippen LogP contribution in [0.2, 0.25) is 0 Å². The van der Waals surface area contributed by atoms with Crippen molar-refractivity contribution in [2.75, 3.05) is 23.3 Å². The van der Waals surface area contributed by atoms with Crippen LogP contribution in [-0.4, -0.2) is 41.0 Å². The zero-order valence-corrected chi connectivity index (χ0v) is 16.5. The molecule has 2 heterocycles. The second-order valence-corrected chi connectivity index (χ2v) is 7.85. The van der Waals surface area contributed by atoms with E-state index in [1.165, 1.54) is 12.8 Å². The Bertz CT molecular complexity index is 832. The van der Waals surface area contributed by atoms with Crippen LogP contribution in [0.3, 0.4) is 0 Å². The lowest BCUT2D eigenvalue weighted by molar-refractivity contribution is 0.102. The monoisotopic (exact) mass is 428 g/mol. The van der Waals surface area contributed by atoms with E-state index < -0.39 is 0 Å². The van der Waals surface area contributed by atoms with Crippen molar-refractivity contribution in [1.82, 2.24) is 9.88 Å². The summed E-state index contributed by atoms with van der Waals surface area (Å²) in [6, 6.07) is 11.1. The summed E-state index contributed by atoms with van der Waals surface area (Å²) in [6.45, 7) is 1.42. The molecule has 1 aromatic heterocycles. The van der Waals surface area contributed by atoms with Gasteiger partial charge in [0.1, 0.15) is 5.82 Å². The Morgan fingerprint density at radius 1 is 1.07 bits per heavy atom. The molecule has 0 radical (unpaired) electrons. The second-order valence-electron chi connectivity index (χ2n) is 6.93. The van der Waals surface area contributed by atoms with Gasteiger partial charge < -0.3 is 10.2 Å². The summed E-state index contributed by atoms with van der Waals surface area (Å²) in [5.74, 6) is 0.434. The van der Waals surface area contributed by atoms with E-state index >= 15 is 0 Å². The van der Waals surface area contributed by atoms with Crippen LogP contribution in [0.5, 0.6) is 0 Å². The molecule has 0 spiro atoms. The fourth-order valence-corrected chi connectivity index (χ4v) is 4.01. The van der Waals surface area contributed by atoms with Crippen molar-refractivity contribution in [3.8, 4) is 0 Å². The summed E-state index contributed by atoms with van der Waals surface area (Å²) >= 11 is 3.35. The number of rotatable bonds is 4. The van der Waals surface area contributed by atoms with Crippen molar-refractivity contribution < 1.29 is 9.59 Å². The molecule has 27 heavy (non-hydrogen) atoms. The molecule has 1 N–H and O–H groups in total. The number of amides is 3. The van der Waals surface area contributed by atoms with Crippen LogP contribution in [0.15, 0.2) is 47.1 Å². The molecule has 1 saturated carbocycles. The number of aromatic nitrogens is 1. The maximum absolute atomic E-state index is 12.7. The van der Waals surface area contributed by atoms with Gasteiger partial charge >= 0.3 is 6.03 Å². The van der Waals surface area contributed by atoms with Gasteiger partial charge in [0.2, 0.25) is 0 Å². The smallest absolute Gasteiger partial charge is 0.321 e. The fraction of sp³-hybridized carbons (Fsp3) is 0.350. The van der Waals surface area contributed by atoms with Gasteiger partial charge in [-0.05, 0) is 49.2 Å². The van der Waals surface area contributed by atoms with E-state index in [0.717, 1.165) is 23.9 Å². The average molecular weight is 429 g/mol. The van der Waals surface area contributed by atoms with Gasteiger partial charge in [0, 0.05) is 29.2 Å². The van der Waals surface area contributed by atoms with Crippen molar-refractivity contribution in [3.05, 3.63) is 52.6 Å². The maximum Gasteiger partial charge on any atom is 0.326 e. The van der Waals surface area contributed by atoms with Gasteiger partial charge in [-0.1, -0.05) is 28.8 Å². The minimum Gasteiger partial charge on any atom is -0.321 e. The maximum atomic E-state index is 12.7. The van der Waals surface area contributed by atoms with Crippen LogP contribution < -0.4 is 10.2 Å². The predicted octanol–water partition coefficient (Wildman–Crippen LogP) is 4.28. The summed E-state index contributed by atoms with van der Waals surface area (Å²) in [7, 11) is 0. The number of carbonyl (C=O) groups excluding carboxylic acids is 2. The van der Waals surface area contributed by atoms with Gasteiger partial charge in [-0.2, -0.15) is 0 Å². The van der Waals surface area contributed by atoms with Crippen LogP contribution in [0.25, 0.3) is 0 Å². The largest absolute Gasteiger partial charge is 0.326 e. The molecule has 2 aromatic rings. The first-order chi connectivity index (χ1) is 13.1. The molecule has 0 bridgehead atoms. The number of halogens is 1. The van der Waals surface area contributed by atoms with E-state index in [-0.39, 0.29) is 11.9 Å². The molecule has 4 rings (SSSR count). The van der Waals surface area contributed by atoms with Gasteiger partial charge in [0.05, 0.1) is 11.9 Å². The zero-order valence-electron chi connectivity index (χ0n) is 14.9. The van der Waals surface area contributed by atoms with Crippen molar-refractivity contribution in [3.63, 3.8) is 0 Å². The number of nitrogens with zero attached hydrogens (tertiary/aromatic N) is 3. The van der Waals surface area contributed by atoms with E-state index in [0.29, 0.717) is 29.7 Å². The van der Waals surface area contributed by atoms with Crippen molar-refractivity contribution in [2.24, 2.45) is 0 Å². The molecule has 140 valence electrons. The first-order valence-corrected chi connectivity index (χ1v) is 10.0. The number of carbonyl (C=O) groups is 2. The Balaban J connectivity index is 1.41. The minimum atomic E-state index is -0.193. The molecule has 1 aliphatic heterocycles.